The molecular formula is C23H37N3Ti. The Hall–Kier alpha value is -1.10. The predicted octanol–water partition coefficient (Wildman–Crippen LogP) is 6.52. The summed E-state index contributed by atoms with van der Waals surface area (Å²) in [7, 11) is 10.5. The molecule has 4 heteroatoms. The van der Waals surface area contributed by atoms with E-state index in [1.54, 1.807) is 54.4 Å². The Morgan fingerprint density at radius 3 is 1.89 bits per heavy atom. The number of rotatable bonds is 1. The van der Waals surface area contributed by atoms with E-state index in [4.69, 9.17) is 0 Å². The fraction of sp³-hybridized carbons (Fsp3) is 0.435. The average molecular weight is 403 g/mol. The molecule has 0 fully saturated rings. The molecule has 3 rings (SSSR count). The summed E-state index contributed by atoms with van der Waals surface area (Å²) in [6.07, 6.45) is 13.0. The fourth-order valence-corrected chi connectivity index (χ4v) is 2.57. The van der Waals surface area contributed by atoms with Crippen molar-refractivity contribution in [3.63, 3.8) is 0 Å². The van der Waals surface area contributed by atoms with E-state index in [9.17, 15) is 0 Å². The van der Waals surface area contributed by atoms with Crippen LogP contribution in [0.1, 0.15) is 29.9 Å². The third-order valence-electron chi connectivity index (χ3n) is 3.39. The van der Waals surface area contributed by atoms with Gasteiger partial charge >= 0.3 is 21.7 Å². The van der Waals surface area contributed by atoms with Gasteiger partial charge in [0.1, 0.15) is 0 Å². The summed E-state index contributed by atoms with van der Waals surface area (Å²) in [6.45, 7) is 6.72. The number of allylic oxidation sites excluding steroid dienone is 4. The van der Waals surface area contributed by atoms with Crippen LogP contribution < -0.4 is 0 Å². The van der Waals surface area contributed by atoms with Crippen molar-refractivity contribution in [1.82, 2.24) is 0 Å². The largest absolute Gasteiger partial charge is 4.00 e. The van der Waals surface area contributed by atoms with Gasteiger partial charge in [0.2, 0.25) is 0 Å². The van der Waals surface area contributed by atoms with Gasteiger partial charge in [0, 0.05) is 0 Å². The molecule has 0 aromatic heterocycles. The SMILES string of the molecule is C1=CC2c3ccccc3[CH-]C2CC1.C=CC=C.C[N-]C.C[N-]C.C[N-]C.[Ti+4]. The number of fused-ring (bicyclic) bond motifs is 3. The molecular weight excluding hydrogens is 366 g/mol. The van der Waals surface area contributed by atoms with Gasteiger partial charge in [-0.05, 0) is 12.3 Å². The van der Waals surface area contributed by atoms with Gasteiger partial charge in [-0.25, -0.2) is 0 Å². The van der Waals surface area contributed by atoms with Crippen molar-refractivity contribution in [3.8, 4) is 0 Å². The van der Waals surface area contributed by atoms with Crippen molar-refractivity contribution in [2.24, 2.45) is 5.92 Å². The Labute approximate surface area is 183 Å². The van der Waals surface area contributed by atoms with Crippen molar-refractivity contribution < 1.29 is 21.7 Å². The van der Waals surface area contributed by atoms with Crippen LogP contribution in [0.3, 0.4) is 0 Å². The van der Waals surface area contributed by atoms with E-state index < -0.39 is 0 Å². The number of hydrogen-bond donors (Lipinski definition) is 0. The third-order valence-corrected chi connectivity index (χ3v) is 3.39. The fourth-order valence-electron chi connectivity index (χ4n) is 2.57. The number of hydrogen-bond acceptors (Lipinski definition) is 0. The monoisotopic (exact) mass is 403 g/mol. The zero-order valence-electron chi connectivity index (χ0n) is 18.0. The molecule has 27 heavy (non-hydrogen) atoms. The second kappa shape index (κ2) is 22.9. The summed E-state index contributed by atoms with van der Waals surface area (Å²) < 4.78 is 0. The zero-order chi connectivity index (χ0) is 20.2. The topological polar surface area (TPSA) is 42.3 Å². The van der Waals surface area contributed by atoms with Crippen molar-refractivity contribution in [3.05, 3.63) is 95.2 Å². The minimum atomic E-state index is 0. The van der Waals surface area contributed by atoms with Crippen LogP contribution >= 0.6 is 0 Å². The van der Waals surface area contributed by atoms with Crippen LogP contribution in [-0.4, -0.2) is 42.3 Å². The summed E-state index contributed by atoms with van der Waals surface area (Å²) in [5.41, 5.74) is 2.99. The predicted molar refractivity (Wildman–Crippen MR) is 120 cm³/mol. The van der Waals surface area contributed by atoms with Gasteiger partial charge in [-0.15, -0.1) is 17.7 Å². The van der Waals surface area contributed by atoms with Crippen LogP contribution in [0.25, 0.3) is 16.0 Å². The average Bonchev–Trinajstić information content (AvgIpc) is 3.03. The van der Waals surface area contributed by atoms with E-state index >= 15 is 0 Å². The quantitative estimate of drug-likeness (QED) is 0.222. The Kier molecular flexibility index (Phi) is 26.0. The summed E-state index contributed by atoms with van der Waals surface area (Å²) >= 11 is 0. The zero-order valence-corrected chi connectivity index (χ0v) is 19.6. The van der Waals surface area contributed by atoms with Crippen LogP contribution in [0.5, 0.6) is 0 Å². The number of nitrogens with zero attached hydrogens (tertiary/aromatic N) is 3. The van der Waals surface area contributed by atoms with Gasteiger partial charge in [0.25, 0.3) is 0 Å². The smallest absolute Gasteiger partial charge is 0.668 e. The van der Waals surface area contributed by atoms with Crippen LogP contribution in [0.15, 0.2) is 61.7 Å². The van der Waals surface area contributed by atoms with Gasteiger partial charge in [0.05, 0.1) is 0 Å². The first-order valence-corrected chi connectivity index (χ1v) is 8.89. The summed E-state index contributed by atoms with van der Waals surface area (Å²) in [4.78, 5) is 0. The molecule has 148 valence electrons. The van der Waals surface area contributed by atoms with Crippen LogP contribution in [0, 0.1) is 12.3 Å². The molecule has 0 amide bonds. The molecule has 3 nitrogen and oxygen atoms in total. The van der Waals surface area contributed by atoms with E-state index in [0.717, 1.165) is 5.92 Å². The first kappa shape index (κ1) is 30.6. The molecule has 0 aliphatic heterocycles. The van der Waals surface area contributed by atoms with E-state index in [1.807, 2.05) is 0 Å². The van der Waals surface area contributed by atoms with E-state index in [0.29, 0.717) is 5.92 Å². The molecule has 0 saturated carbocycles. The first-order valence-electron chi connectivity index (χ1n) is 8.89. The Balaban J connectivity index is -0.000000348. The summed E-state index contributed by atoms with van der Waals surface area (Å²) in [5.74, 6) is 1.47. The summed E-state index contributed by atoms with van der Waals surface area (Å²) in [5, 5.41) is 10.5. The molecule has 0 saturated heterocycles. The van der Waals surface area contributed by atoms with E-state index in [1.165, 1.54) is 24.0 Å². The van der Waals surface area contributed by atoms with Crippen LogP contribution in [-0.2, 0) is 21.7 Å². The molecule has 0 radical (unpaired) electrons. The molecule has 1 aromatic rings. The van der Waals surface area contributed by atoms with Gasteiger partial charge < -0.3 is 16.0 Å². The first-order chi connectivity index (χ1) is 12.6. The van der Waals surface area contributed by atoms with Gasteiger partial charge in [0.15, 0.2) is 0 Å². The molecule has 2 aliphatic carbocycles. The molecule has 0 N–H and O–H groups in total. The molecule has 0 bridgehead atoms. The Morgan fingerprint density at radius 2 is 1.41 bits per heavy atom. The molecule has 2 atom stereocenters. The minimum Gasteiger partial charge on any atom is -0.668 e. The van der Waals surface area contributed by atoms with Gasteiger partial charge in [-0.2, -0.15) is 60.3 Å². The van der Waals surface area contributed by atoms with Crippen molar-refractivity contribution in [2.45, 2.75) is 18.8 Å². The summed E-state index contributed by atoms with van der Waals surface area (Å²) in [6, 6.07) is 8.79. The number of benzene rings is 1. The van der Waals surface area contributed by atoms with Gasteiger partial charge in [-0.3, -0.25) is 0 Å². The standard InChI is InChI=1S/C13H13.C4H6.3C2H6N.Ti/c1-3-7-12-10(5-1)9-11-6-2-4-8-13(11)12;1-3-4-2;3*1-3-2;/h1,3-5,7-9,11,13H,2,6H2;3-4H,1-2H2;3*1-2H3;/q-1;;3*-1;+4. The second-order valence-corrected chi connectivity index (χ2v) is 5.80. The maximum Gasteiger partial charge on any atom is 4.00 e. The van der Waals surface area contributed by atoms with Crippen molar-refractivity contribution in [2.75, 3.05) is 42.3 Å². The second-order valence-electron chi connectivity index (χ2n) is 5.80. The minimum absolute atomic E-state index is 0. The van der Waals surface area contributed by atoms with Crippen molar-refractivity contribution in [1.29, 1.82) is 0 Å². The van der Waals surface area contributed by atoms with Gasteiger partial charge in [-0.1, -0.05) is 55.9 Å². The van der Waals surface area contributed by atoms with Crippen LogP contribution in [0.2, 0.25) is 0 Å². The maximum absolute atomic E-state index is 3.50. The molecule has 0 spiro atoms. The van der Waals surface area contributed by atoms with E-state index in [-0.39, 0.29) is 21.7 Å². The van der Waals surface area contributed by atoms with Crippen molar-refractivity contribution >= 4 is 0 Å². The molecule has 2 unspecified atom stereocenters. The molecule has 1 aromatic carbocycles. The molecule has 0 heterocycles. The van der Waals surface area contributed by atoms with E-state index in [2.05, 4.69) is 71.9 Å². The maximum atomic E-state index is 3.50. The normalized spacial score (nSPS) is 16.8. The third kappa shape index (κ3) is 14.6. The Bertz CT molecular complexity index is 476. The Morgan fingerprint density at radius 1 is 0.926 bits per heavy atom. The van der Waals surface area contributed by atoms with Crippen LogP contribution in [0.4, 0.5) is 0 Å². The molecule has 2 aliphatic rings.